The third-order valence-corrected chi connectivity index (χ3v) is 3.89. The Bertz CT molecular complexity index is 1030. The Morgan fingerprint density at radius 3 is 2.72 bits per heavy atom. The largest absolute Gasteiger partial charge is 0.345 e. The van der Waals surface area contributed by atoms with Crippen molar-refractivity contribution < 1.29 is 13.6 Å². The molecule has 2 heterocycles. The summed E-state index contributed by atoms with van der Waals surface area (Å²) in [4.78, 5) is 28.9. The smallest absolute Gasteiger partial charge is 0.270 e. The second kappa shape index (κ2) is 6.43. The van der Waals surface area contributed by atoms with E-state index in [9.17, 15) is 18.4 Å². The summed E-state index contributed by atoms with van der Waals surface area (Å²) in [6, 6.07) is 5.81. The number of rotatable bonds is 3. The minimum absolute atomic E-state index is 0.124. The Kier molecular flexibility index (Phi) is 4.31. The van der Waals surface area contributed by atoms with Crippen LogP contribution in [-0.2, 0) is 0 Å². The first-order valence-corrected chi connectivity index (χ1v) is 7.60. The van der Waals surface area contributed by atoms with E-state index in [4.69, 9.17) is 0 Å². The molecule has 2 aromatic heterocycles. The van der Waals surface area contributed by atoms with Crippen LogP contribution in [0.1, 0.15) is 34.5 Å². The predicted molar refractivity (Wildman–Crippen MR) is 88.4 cm³/mol. The number of aryl methyl sites for hydroxylation is 1. The van der Waals surface area contributed by atoms with Crippen LogP contribution < -0.4 is 10.9 Å². The van der Waals surface area contributed by atoms with E-state index >= 15 is 0 Å². The number of fused-ring (bicyclic) bond motifs is 1. The van der Waals surface area contributed by atoms with Crippen molar-refractivity contribution in [2.75, 3.05) is 0 Å². The molecule has 7 heteroatoms. The van der Waals surface area contributed by atoms with Crippen molar-refractivity contribution >= 4 is 11.6 Å². The van der Waals surface area contributed by atoms with E-state index in [-0.39, 0.29) is 11.1 Å². The van der Waals surface area contributed by atoms with E-state index in [2.05, 4.69) is 10.3 Å². The third-order valence-electron chi connectivity index (χ3n) is 3.89. The van der Waals surface area contributed by atoms with Gasteiger partial charge in [-0.05, 0) is 37.6 Å². The highest BCUT2D eigenvalue weighted by atomic mass is 19.1. The number of hydrogen-bond acceptors (Lipinski definition) is 3. The van der Waals surface area contributed by atoms with Crippen LogP contribution in [0.2, 0.25) is 0 Å². The quantitative estimate of drug-likeness (QED) is 0.795. The molecule has 0 saturated heterocycles. The zero-order valence-electron chi connectivity index (χ0n) is 13.6. The maximum absolute atomic E-state index is 13.8. The molecular weight excluding hydrogens is 328 g/mol. The highest BCUT2D eigenvalue weighted by molar-refractivity contribution is 5.94. The van der Waals surface area contributed by atoms with Crippen LogP contribution in [0.25, 0.3) is 5.65 Å². The SMILES string of the molecule is Cc1ccn2c(=O)c(C(=O)N[C@@H](C)c3ccc(F)cc3F)cnc2c1. The van der Waals surface area contributed by atoms with Crippen molar-refractivity contribution in [1.29, 1.82) is 0 Å². The summed E-state index contributed by atoms with van der Waals surface area (Å²) in [6.07, 6.45) is 2.74. The molecule has 0 aliphatic rings. The van der Waals surface area contributed by atoms with Crippen molar-refractivity contribution in [3.8, 4) is 0 Å². The van der Waals surface area contributed by atoms with E-state index in [0.29, 0.717) is 5.65 Å². The lowest BCUT2D eigenvalue weighted by Crippen LogP contribution is -2.33. The van der Waals surface area contributed by atoms with Gasteiger partial charge in [-0.15, -0.1) is 0 Å². The lowest BCUT2D eigenvalue weighted by Gasteiger charge is -2.15. The molecular formula is C18H15F2N3O2. The van der Waals surface area contributed by atoms with Crippen molar-refractivity contribution in [3.63, 3.8) is 0 Å². The molecule has 0 unspecified atom stereocenters. The summed E-state index contributed by atoms with van der Waals surface area (Å²) in [5.74, 6) is -2.15. The van der Waals surface area contributed by atoms with Gasteiger partial charge in [0.05, 0.1) is 6.04 Å². The first-order chi connectivity index (χ1) is 11.9. The maximum atomic E-state index is 13.8. The number of pyridine rings is 1. The highest BCUT2D eigenvalue weighted by Crippen LogP contribution is 2.18. The molecule has 5 nitrogen and oxygen atoms in total. The van der Waals surface area contributed by atoms with Gasteiger partial charge >= 0.3 is 0 Å². The number of carbonyl (C=O) groups is 1. The number of aromatic nitrogens is 2. The molecule has 0 fully saturated rings. The lowest BCUT2D eigenvalue weighted by atomic mass is 10.1. The van der Waals surface area contributed by atoms with Crippen molar-refractivity contribution in [1.82, 2.24) is 14.7 Å². The predicted octanol–water partition coefficient (Wildman–Crippen LogP) is 2.77. The van der Waals surface area contributed by atoms with Crippen LogP contribution >= 0.6 is 0 Å². The minimum Gasteiger partial charge on any atom is -0.345 e. The van der Waals surface area contributed by atoms with Crippen LogP contribution in [-0.4, -0.2) is 15.3 Å². The van der Waals surface area contributed by atoms with Crippen LogP contribution in [0.4, 0.5) is 8.78 Å². The normalized spacial score (nSPS) is 12.2. The first-order valence-electron chi connectivity index (χ1n) is 7.60. The maximum Gasteiger partial charge on any atom is 0.270 e. The molecule has 1 aromatic carbocycles. The third kappa shape index (κ3) is 3.26. The molecule has 0 radical (unpaired) electrons. The fourth-order valence-electron chi connectivity index (χ4n) is 2.54. The topological polar surface area (TPSA) is 63.5 Å². The van der Waals surface area contributed by atoms with Gasteiger partial charge in [-0.3, -0.25) is 14.0 Å². The van der Waals surface area contributed by atoms with E-state index in [0.717, 1.165) is 17.7 Å². The Balaban J connectivity index is 1.90. The summed E-state index contributed by atoms with van der Waals surface area (Å²) in [5.41, 5.74) is 0.813. The van der Waals surface area contributed by atoms with Gasteiger partial charge in [0.1, 0.15) is 22.8 Å². The van der Waals surface area contributed by atoms with Gasteiger partial charge in [-0.2, -0.15) is 0 Å². The minimum atomic E-state index is -0.767. The second-order valence-electron chi connectivity index (χ2n) is 5.77. The molecule has 25 heavy (non-hydrogen) atoms. The monoisotopic (exact) mass is 343 g/mol. The van der Waals surface area contributed by atoms with Crippen LogP contribution in [0.3, 0.4) is 0 Å². The summed E-state index contributed by atoms with van der Waals surface area (Å²) in [7, 11) is 0. The van der Waals surface area contributed by atoms with Crippen molar-refractivity contribution in [3.05, 3.63) is 81.4 Å². The van der Waals surface area contributed by atoms with Crippen LogP contribution in [0.15, 0.2) is 47.5 Å². The van der Waals surface area contributed by atoms with E-state index in [1.54, 1.807) is 25.3 Å². The molecule has 3 aromatic rings. The fraction of sp³-hybridized carbons (Fsp3) is 0.167. The van der Waals surface area contributed by atoms with Gasteiger partial charge in [-0.25, -0.2) is 13.8 Å². The summed E-state index contributed by atoms with van der Waals surface area (Å²) in [6.45, 7) is 3.41. The van der Waals surface area contributed by atoms with E-state index in [1.165, 1.54) is 16.7 Å². The van der Waals surface area contributed by atoms with Crippen molar-refractivity contribution in [2.24, 2.45) is 0 Å². The number of hydrogen-bond donors (Lipinski definition) is 1. The molecule has 1 amide bonds. The molecule has 0 bridgehead atoms. The van der Waals surface area contributed by atoms with Crippen molar-refractivity contribution in [2.45, 2.75) is 19.9 Å². The first kappa shape index (κ1) is 16.8. The number of nitrogens with one attached hydrogen (secondary N) is 1. The standard InChI is InChI=1S/C18H15F2N3O2/c1-10-5-6-23-16(7-10)21-9-14(18(23)25)17(24)22-11(2)13-4-3-12(19)8-15(13)20/h3-9,11H,1-2H3,(H,22,24)/t11-/m0/s1. The number of halogens is 2. The Labute approximate surface area is 142 Å². The zero-order valence-corrected chi connectivity index (χ0v) is 13.6. The molecule has 128 valence electrons. The average molecular weight is 343 g/mol. The van der Waals surface area contributed by atoms with Crippen LogP contribution in [0.5, 0.6) is 0 Å². The molecule has 0 aliphatic heterocycles. The van der Waals surface area contributed by atoms with Gasteiger partial charge in [0, 0.05) is 24.0 Å². The van der Waals surface area contributed by atoms with E-state index < -0.39 is 29.1 Å². The number of benzene rings is 1. The molecule has 0 aliphatic carbocycles. The van der Waals surface area contributed by atoms with Gasteiger partial charge in [-0.1, -0.05) is 6.07 Å². The fourth-order valence-corrected chi connectivity index (χ4v) is 2.54. The molecule has 1 atom stereocenters. The van der Waals surface area contributed by atoms with Gasteiger partial charge < -0.3 is 5.32 Å². The number of nitrogens with zero attached hydrogens (tertiary/aromatic N) is 2. The highest BCUT2D eigenvalue weighted by Gasteiger charge is 2.18. The average Bonchev–Trinajstić information content (AvgIpc) is 2.54. The van der Waals surface area contributed by atoms with Gasteiger partial charge in [0.25, 0.3) is 11.5 Å². The van der Waals surface area contributed by atoms with Crippen LogP contribution in [0, 0.1) is 18.6 Å². The van der Waals surface area contributed by atoms with Gasteiger partial charge in [0.15, 0.2) is 0 Å². The molecule has 3 rings (SSSR count). The number of amides is 1. The zero-order chi connectivity index (χ0) is 18.1. The van der Waals surface area contributed by atoms with Gasteiger partial charge in [0.2, 0.25) is 0 Å². The Morgan fingerprint density at radius 2 is 2.00 bits per heavy atom. The van der Waals surface area contributed by atoms with E-state index in [1.807, 2.05) is 6.92 Å². The lowest BCUT2D eigenvalue weighted by molar-refractivity contribution is 0.0937. The summed E-state index contributed by atoms with van der Waals surface area (Å²) < 4.78 is 28.1. The summed E-state index contributed by atoms with van der Waals surface area (Å²) in [5, 5.41) is 2.53. The number of carbonyl (C=O) groups excluding carboxylic acids is 1. The Morgan fingerprint density at radius 1 is 1.24 bits per heavy atom. The summed E-state index contributed by atoms with van der Waals surface area (Å²) >= 11 is 0. The second-order valence-corrected chi connectivity index (χ2v) is 5.77. The Hall–Kier alpha value is -3.09. The molecule has 0 saturated carbocycles. The molecule has 0 spiro atoms. The molecule has 1 N–H and O–H groups in total.